The van der Waals surface area contributed by atoms with Gasteiger partial charge in [0.1, 0.15) is 11.4 Å². The van der Waals surface area contributed by atoms with Crippen LogP contribution in [0.2, 0.25) is 5.02 Å². The van der Waals surface area contributed by atoms with Crippen molar-refractivity contribution in [1.29, 1.82) is 0 Å². The summed E-state index contributed by atoms with van der Waals surface area (Å²) in [6.45, 7) is 3.33. The van der Waals surface area contributed by atoms with Crippen molar-refractivity contribution >= 4 is 23.4 Å². The van der Waals surface area contributed by atoms with Gasteiger partial charge in [0.2, 0.25) is 5.91 Å². The molecule has 2 rings (SSSR count). The molecule has 1 aliphatic rings. The van der Waals surface area contributed by atoms with Crippen LogP contribution in [0.3, 0.4) is 0 Å². The van der Waals surface area contributed by atoms with Crippen LogP contribution < -0.4 is 5.32 Å². The minimum Gasteiger partial charge on any atom is -0.352 e. The molecule has 1 fully saturated rings. The number of nitrogens with one attached hydrogen (secondary N) is 1. The number of benzene rings is 1. The van der Waals surface area contributed by atoms with Gasteiger partial charge in [0.25, 0.3) is 5.91 Å². The van der Waals surface area contributed by atoms with E-state index in [1.807, 2.05) is 4.90 Å². The van der Waals surface area contributed by atoms with Gasteiger partial charge in [0.05, 0.1) is 6.54 Å². The lowest BCUT2D eigenvalue weighted by molar-refractivity contribution is -0.217. The molecule has 5 nitrogen and oxygen atoms in total. The fourth-order valence-electron chi connectivity index (χ4n) is 3.17. The van der Waals surface area contributed by atoms with E-state index in [1.165, 1.54) is 6.07 Å². The van der Waals surface area contributed by atoms with E-state index in [0.29, 0.717) is 32.5 Å². The van der Waals surface area contributed by atoms with Crippen molar-refractivity contribution in [3.8, 4) is 0 Å². The zero-order valence-electron chi connectivity index (χ0n) is 17.2. The fourth-order valence-corrected chi connectivity index (χ4v) is 3.39. The Bertz CT molecular complexity index is 758. The molecule has 0 aromatic heterocycles. The first-order valence-electron chi connectivity index (χ1n) is 9.61. The van der Waals surface area contributed by atoms with Crippen molar-refractivity contribution in [2.45, 2.75) is 38.4 Å². The maximum absolute atomic E-state index is 13.4. The average Bonchev–Trinajstić information content (AvgIpc) is 2.64. The number of hydrogen-bond donors (Lipinski definition) is 1. The van der Waals surface area contributed by atoms with Gasteiger partial charge in [-0.15, -0.1) is 0 Å². The molecule has 1 aliphatic heterocycles. The summed E-state index contributed by atoms with van der Waals surface area (Å²) >= 11 is 5.76. The van der Waals surface area contributed by atoms with E-state index in [1.54, 1.807) is 0 Å². The molecule has 2 amide bonds. The number of carbonyl (C=O) groups is 2. The van der Waals surface area contributed by atoms with Crippen LogP contribution in [0.5, 0.6) is 0 Å². The highest BCUT2D eigenvalue weighted by Gasteiger charge is 2.51. The maximum atomic E-state index is 13.4. The summed E-state index contributed by atoms with van der Waals surface area (Å²) in [6, 6.07) is 3.60. The van der Waals surface area contributed by atoms with Crippen LogP contribution in [0.1, 0.15) is 37.0 Å². The van der Waals surface area contributed by atoms with Gasteiger partial charge in [-0.05, 0) is 63.9 Å². The number of alkyl halides is 3. The summed E-state index contributed by atoms with van der Waals surface area (Å²) in [5.74, 6) is -1.45. The molecule has 0 atom stereocenters. The molecule has 30 heavy (non-hydrogen) atoms. The van der Waals surface area contributed by atoms with Crippen LogP contribution in [-0.2, 0) is 4.79 Å². The molecule has 0 aliphatic carbocycles. The molecule has 10 heteroatoms. The van der Waals surface area contributed by atoms with Gasteiger partial charge in [0, 0.05) is 24.2 Å². The van der Waals surface area contributed by atoms with Crippen molar-refractivity contribution in [2.75, 3.05) is 33.2 Å². The number of halogens is 5. The van der Waals surface area contributed by atoms with Gasteiger partial charge in [-0.1, -0.05) is 11.6 Å². The van der Waals surface area contributed by atoms with Gasteiger partial charge in [-0.3, -0.25) is 14.5 Å². The number of carbonyl (C=O) groups excluding carboxylic acids is 2. The second-order valence-corrected chi connectivity index (χ2v) is 8.53. The molecule has 0 bridgehead atoms. The molecule has 0 unspecified atom stereocenters. The zero-order chi connectivity index (χ0) is 22.7. The van der Waals surface area contributed by atoms with Crippen LogP contribution in [0.15, 0.2) is 18.2 Å². The Morgan fingerprint density at radius 2 is 1.80 bits per heavy atom. The molecule has 1 aromatic rings. The van der Waals surface area contributed by atoms with E-state index in [-0.39, 0.29) is 23.0 Å². The molecular formula is C20H26ClF4N3O2. The van der Waals surface area contributed by atoms with Gasteiger partial charge in [0.15, 0.2) is 0 Å². The highest BCUT2D eigenvalue weighted by atomic mass is 35.5. The summed E-state index contributed by atoms with van der Waals surface area (Å²) in [6.07, 6.45) is -3.15. The number of nitrogens with zero attached hydrogens (tertiary/aromatic N) is 2. The third-order valence-electron chi connectivity index (χ3n) is 5.65. The third-order valence-corrected chi connectivity index (χ3v) is 5.87. The van der Waals surface area contributed by atoms with Crippen molar-refractivity contribution in [3.63, 3.8) is 0 Å². The molecule has 168 valence electrons. The molecule has 1 heterocycles. The quantitative estimate of drug-likeness (QED) is 0.671. The lowest BCUT2D eigenvalue weighted by Crippen LogP contribution is -2.57. The number of amides is 2. The largest absolute Gasteiger partial charge is 0.411 e. The van der Waals surface area contributed by atoms with Crippen LogP contribution >= 0.6 is 11.6 Å². The molecule has 1 N–H and O–H groups in total. The minimum atomic E-state index is -4.52. The van der Waals surface area contributed by atoms with Gasteiger partial charge in [-0.2, -0.15) is 13.2 Å². The summed E-state index contributed by atoms with van der Waals surface area (Å²) < 4.78 is 52.7. The number of likely N-dealkylation sites (tertiary alicyclic amines) is 1. The lowest BCUT2D eigenvalue weighted by Gasteiger charge is -2.39. The van der Waals surface area contributed by atoms with Gasteiger partial charge >= 0.3 is 6.18 Å². The molecule has 0 saturated carbocycles. The smallest absolute Gasteiger partial charge is 0.352 e. The van der Waals surface area contributed by atoms with E-state index in [0.717, 1.165) is 37.9 Å². The highest BCUT2D eigenvalue weighted by molar-refractivity contribution is 6.31. The zero-order valence-corrected chi connectivity index (χ0v) is 17.9. The molecule has 1 saturated heterocycles. The van der Waals surface area contributed by atoms with Gasteiger partial charge in [-0.25, -0.2) is 4.39 Å². The van der Waals surface area contributed by atoms with E-state index in [9.17, 15) is 27.2 Å². The third kappa shape index (κ3) is 6.07. The predicted molar refractivity (Wildman–Crippen MR) is 106 cm³/mol. The highest BCUT2D eigenvalue weighted by Crippen LogP contribution is 2.34. The number of hydrogen-bond acceptors (Lipinski definition) is 3. The molecular weight excluding hydrogens is 426 g/mol. The first kappa shape index (κ1) is 24.4. The van der Waals surface area contributed by atoms with Crippen molar-refractivity contribution < 1.29 is 27.2 Å². The first-order chi connectivity index (χ1) is 13.8. The molecule has 0 radical (unpaired) electrons. The Hall–Kier alpha value is -1.87. The Morgan fingerprint density at radius 3 is 2.33 bits per heavy atom. The second kappa shape index (κ2) is 9.51. The lowest BCUT2D eigenvalue weighted by atomic mass is 9.96. The first-order valence-corrected chi connectivity index (χ1v) is 9.99. The SMILES string of the molecule is CN(C(=O)CN1CCC(CNC(=O)c2cc(F)cc(Cl)c2)CC1)C(C)(C)C(F)(F)F. The minimum absolute atomic E-state index is 0.0864. The summed E-state index contributed by atoms with van der Waals surface area (Å²) in [4.78, 5) is 27.0. The Morgan fingerprint density at radius 1 is 1.20 bits per heavy atom. The van der Waals surface area contributed by atoms with E-state index in [2.05, 4.69) is 5.32 Å². The summed E-state index contributed by atoms with van der Waals surface area (Å²) in [5.41, 5.74) is -2.11. The van der Waals surface area contributed by atoms with Crippen molar-refractivity contribution in [3.05, 3.63) is 34.6 Å². The summed E-state index contributed by atoms with van der Waals surface area (Å²) in [7, 11) is 1.16. The maximum Gasteiger partial charge on any atom is 0.411 e. The van der Waals surface area contributed by atoms with Crippen molar-refractivity contribution in [2.24, 2.45) is 5.92 Å². The predicted octanol–water partition coefficient (Wildman–Crippen LogP) is 3.72. The fraction of sp³-hybridized carbons (Fsp3) is 0.600. The average molecular weight is 452 g/mol. The molecule has 1 aromatic carbocycles. The standard InChI is InChI=1S/C20H26ClF4N3O2/c1-19(2,20(23,24)25)27(3)17(29)12-28-6-4-13(5-7-28)11-26-18(30)14-8-15(21)10-16(22)9-14/h8-10,13H,4-7,11-12H2,1-3H3,(H,26,30). The van der Waals surface area contributed by atoms with Crippen LogP contribution in [-0.4, -0.2) is 66.6 Å². The topological polar surface area (TPSA) is 52.7 Å². The summed E-state index contributed by atoms with van der Waals surface area (Å²) in [5, 5.41) is 2.89. The second-order valence-electron chi connectivity index (χ2n) is 8.10. The van der Waals surface area contributed by atoms with E-state index >= 15 is 0 Å². The molecule has 0 spiro atoms. The Labute approximate surface area is 178 Å². The van der Waals surface area contributed by atoms with Crippen LogP contribution in [0.25, 0.3) is 0 Å². The Kier molecular flexibility index (Phi) is 7.74. The normalized spacial score (nSPS) is 16.4. The number of piperidine rings is 1. The van der Waals surface area contributed by atoms with Crippen LogP contribution in [0, 0.1) is 11.7 Å². The van der Waals surface area contributed by atoms with Gasteiger partial charge < -0.3 is 10.2 Å². The van der Waals surface area contributed by atoms with Crippen molar-refractivity contribution in [1.82, 2.24) is 15.1 Å². The Balaban J connectivity index is 1.79. The number of likely N-dealkylation sites (N-methyl/N-ethyl adjacent to an activating group) is 1. The van der Waals surface area contributed by atoms with E-state index < -0.39 is 29.3 Å². The number of rotatable bonds is 6. The monoisotopic (exact) mass is 451 g/mol. The van der Waals surface area contributed by atoms with Crippen LogP contribution in [0.4, 0.5) is 17.6 Å². The van der Waals surface area contributed by atoms with E-state index in [4.69, 9.17) is 11.6 Å².